The number of carbonyl (C=O) groups excluding carboxylic acids is 3. The number of nitrogens with one attached hydrogen (secondary N) is 2. The van der Waals surface area contributed by atoms with E-state index in [0.29, 0.717) is 13.1 Å². The zero-order valence-corrected chi connectivity index (χ0v) is 27.1. The van der Waals surface area contributed by atoms with Gasteiger partial charge in [-0.2, -0.15) is 0 Å². The lowest BCUT2D eigenvalue weighted by Crippen LogP contribution is -2.55. The number of hydrogen-bond acceptors (Lipinski definition) is 4. The van der Waals surface area contributed by atoms with Crippen LogP contribution in [0.1, 0.15) is 108 Å². The first-order chi connectivity index (χ1) is 19.8. The van der Waals surface area contributed by atoms with Crippen molar-refractivity contribution >= 4 is 17.9 Å². The van der Waals surface area contributed by atoms with Gasteiger partial charge in [-0.3, -0.25) is 9.59 Å². The number of ether oxygens (including phenoxy) is 1. The standard InChI is InChI=1S/C35H53N3O4/c1-9-10-11-12-13-17-22-38(33(40)30(25(2)3)37-34(41)42-35(6,7)8)31(29-21-20-26(4)27(5)23-29)32(39)36-24-28-18-15-14-16-19-28/h14-16,18-21,23,25,30-31H,9-13,17,22,24H2,1-8H3,(H,36,39)(H,37,41). The summed E-state index contributed by atoms with van der Waals surface area (Å²) in [5.41, 5.74) is 3.19. The Kier molecular flexibility index (Phi) is 14.1. The Labute approximate surface area is 253 Å². The predicted octanol–water partition coefficient (Wildman–Crippen LogP) is 7.40. The molecular formula is C35H53N3O4. The largest absolute Gasteiger partial charge is 0.444 e. The lowest BCUT2D eigenvalue weighted by Gasteiger charge is -2.36. The highest BCUT2D eigenvalue weighted by Crippen LogP contribution is 2.27. The third-order valence-electron chi connectivity index (χ3n) is 7.36. The van der Waals surface area contributed by atoms with E-state index in [0.717, 1.165) is 54.4 Å². The van der Waals surface area contributed by atoms with Crippen molar-refractivity contribution in [2.75, 3.05) is 6.54 Å². The van der Waals surface area contributed by atoms with Crippen LogP contribution in [0.25, 0.3) is 0 Å². The van der Waals surface area contributed by atoms with Crippen molar-refractivity contribution in [1.29, 1.82) is 0 Å². The van der Waals surface area contributed by atoms with E-state index in [4.69, 9.17) is 4.74 Å². The van der Waals surface area contributed by atoms with E-state index in [9.17, 15) is 14.4 Å². The molecule has 0 radical (unpaired) electrons. The molecule has 232 valence electrons. The Bertz CT molecular complexity index is 1140. The summed E-state index contributed by atoms with van der Waals surface area (Å²) in [5, 5.41) is 5.89. The highest BCUT2D eigenvalue weighted by molar-refractivity contribution is 5.92. The molecule has 42 heavy (non-hydrogen) atoms. The highest BCUT2D eigenvalue weighted by Gasteiger charge is 2.37. The van der Waals surface area contributed by atoms with Crippen LogP contribution in [-0.4, -0.2) is 41.0 Å². The Balaban J connectivity index is 2.47. The summed E-state index contributed by atoms with van der Waals surface area (Å²) in [6.45, 7) is 16.1. The van der Waals surface area contributed by atoms with Crippen LogP contribution in [0.2, 0.25) is 0 Å². The number of benzene rings is 2. The molecule has 0 fully saturated rings. The molecule has 0 aliphatic rings. The van der Waals surface area contributed by atoms with Gasteiger partial charge in [0.1, 0.15) is 17.7 Å². The molecule has 0 spiro atoms. The minimum Gasteiger partial charge on any atom is -0.444 e. The third-order valence-corrected chi connectivity index (χ3v) is 7.36. The average Bonchev–Trinajstić information content (AvgIpc) is 2.92. The van der Waals surface area contributed by atoms with Crippen molar-refractivity contribution in [3.63, 3.8) is 0 Å². The zero-order chi connectivity index (χ0) is 31.3. The van der Waals surface area contributed by atoms with Crippen molar-refractivity contribution in [3.8, 4) is 0 Å². The molecule has 2 unspecified atom stereocenters. The summed E-state index contributed by atoms with van der Waals surface area (Å²) in [7, 11) is 0. The van der Waals surface area contributed by atoms with Gasteiger partial charge in [-0.25, -0.2) is 4.79 Å². The van der Waals surface area contributed by atoms with Crippen LogP contribution in [0.15, 0.2) is 48.5 Å². The monoisotopic (exact) mass is 579 g/mol. The van der Waals surface area contributed by atoms with Gasteiger partial charge in [-0.15, -0.1) is 0 Å². The molecule has 0 aliphatic carbocycles. The molecule has 0 aromatic heterocycles. The Hall–Kier alpha value is -3.35. The number of unbranched alkanes of at least 4 members (excludes halogenated alkanes) is 5. The molecule has 3 amide bonds. The molecule has 7 heteroatoms. The quantitative estimate of drug-likeness (QED) is 0.215. The maximum Gasteiger partial charge on any atom is 0.408 e. The molecule has 0 saturated heterocycles. The van der Waals surface area contributed by atoms with Gasteiger partial charge in [0.2, 0.25) is 11.8 Å². The first kappa shape index (κ1) is 34.8. The fourth-order valence-electron chi connectivity index (χ4n) is 4.85. The van der Waals surface area contributed by atoms with Gasteiger partial charge in [0, 0.05) is 13.1 Å². The number of amides is 3. The van der Waals surface area contributed by atoms with E-state index < -0.39 is 23.8 Å². The fraction of sp³-hybridized carbons (Fsp3) is 0.571. The van der Waals surface area contributed by atoms with Crippen LogP contribution >= 0.6 is 0 Å². The minimum atomic E-state index is -0.851. The van der Waals surface area contributed by atoms with Crippen LogP contribution in [0.3, 0.4) is 0 Å². The number of carbonyl (C=O) groups is 3. The molecule has 2 rings (SSSR count). The average molecular weight is 580 g/mol. The summed E-state index contributed by atoms with van der Waals surface area (Å²) >= 11 is 0. The van der Waals surface area contributed by atoms with Gasteiger partial charge < -0.3 is 20.3 Å². The van der Waals surface area contributed by atoms with Crippen molar-refractivity contribution in [3.05, 3.63) is 70.8 Å². The first-order valence-electron chi connectivity index (χ1n) is 15.5. The molecule has 2 atom stereocenters. The zero-order valence-electron chi connectivity index (χ0n) is 27.1. The Morgan fingerprint density at radius 1 is 0.881 bits per heavy atom. The normalized spacial score (nSPS) is 12.9. The lowest BCUT2D eigenvalue weighted by atomic mass is 9.96. The summed E-state index contributed by atoms with van der Waals surface area (Å²) < 4.78 is 5.49. The highest BCUT2D eigenvalue weighted by atomic mass is 16.6. The van der Waals surface area contributed by atoms with Crippen molar-refractivity contribution in [2.45, 2.75) is 118 Å². The van der Waals surface area contributed by atoms with Gasteiger partial charge in [-0.1, -0.05) is 101 Å². The van der Waals surface area contributed by atoms with Gasteiger partial charge in [0.15, 0.2) is 0 Å². The van der Waals surface area contributed by atoms with Gasteiger partial charge in [0.05, 0.1) is 0 Å². The van der Waals surface area contributed by atoms with Crippen molar-refractivity contribution in [2.24, 2.45) is 5.92 Å². The van der Waals surface area contributed by atoms with Crippen LogP contribution in [-0.2, 0) is 20.9 Å². The summed E-state index contributed by atoms with van der Waals surface area (Å²) in [6.07, 6.45) is 5.65. The van der Waals surface area contributed by atoms with Crippen LogP contribution in [0, 0.1) is 19.8 Å². The van der Waals surface area contributed by atoms with E-state index in [2.05, 4.69) is 17.6 Å². The molecule has 0 aliphatic heterocycles. The summed E-state index contributed by atoms with van der Waals surface area (Å²) in [4.78, 5) is 42.9. The van der Waals surface area contributed by atoms with Gasteiger partial charge in [0.25, 0.3) is 0 Å². The van der Waals surface area contributed by atoms with Gasteiger partial charge in [-0.05, 0) is 69.2 Å². The number of alkyl carbamates (subject to hydrolysis) is 1. The van der Waals surface area contributed by atoms with Crippen molar-refractivity contribution in [1.82, 2.24) is 15.5 Å². The molecule has 0 heterocycles. The Morgan fingerprint density at radius 3 is 2.12 bits per heavy atom. The predicted molar refractivity (Wildman–Crippen MR) is 170 cm³/mol. The van der Waals surface area contributed by atoms with Gasteiger partial charge >= 0.3 is 6.09 Å². The van der Waals surface area contributed by atoms with Crippen molar-refractivity contribution < 1.29 is 19.1 Å². The van der Waals surface area contributed by atoms with E-state index in [1.807, 2.05) is 76.2 Å². The smallest absolute Gasteiger partial charge is 0.408 e. The van der Waals surface area contributed by atoms with Crippen LogP contribution in [0.5, 0.6) is 0 Å². The fourth-order valence-corrected chi connectivity index (χ4v) is 4.85. The topological polar surface area (TPSA) is 87.7 Å². The number of aryl methyl sites for hydroxylation is 2. The molecule has 2 N–H and O–H groups in total. The maximum atomic E-state index is 14.4. The molecule has 7 nitrogen and oxygen atoms in total. The van der Waals surface area contributed by atoms with E-state index >= 15 is 0 Å². The molecular weight excluding hydrogens is 526 g/mol. The SMILES string of the molecule is CCCCCCCCN(C(=O)C(NC(=O)OC(C)(C)C)C(C)C)C(C(=O)NCc1ccccc1)c1ccc(C)c(C)c1. The number of hydrogen-bond donors (Lipinski definition) is 2. The molecule has 2 aromatic carbocycles. The second-order valence-electron chi connectivity index (χ2n) is 12.6. The second-order valence-corrected chi connectivity index (χ2v) is 12.6. The molecule has 0 bridgehead atoms. The number of rotatable bonds is 15. The number of nitrogens with zero attached hydrogens (tertiary/aromatic N) is 1. The van der Waals surface area contributed by atoms with Crippen LogP contribution < -0.4 is 10.6 Å². The summed E-state index contributed by atoms with van der Waals surface area (Å²) in [5.74, 6) is -0.756. The summed E-state index contributed by atoms with van der Waals surface area (Å²) in [6, 6.07) is 14.0. The Morgan fingerprint density at radius 2 is 1.52 bits per heavy atom. The van der Waals surface area contributed by atoms with E-state index in [1.54, 1.807) is 25.7 Å². The van der Waals surface area contributed by atoms with E-state index in [1.165, 1.54) is 6.42 Å². The maximum absolute atomic E-state index is 14.4. The van der Waals surface area contributed by atoms with Crippen LogP contribution in [0.4, 0.5) is 4.79 Å². The second kappa shape index (κ2) is 16.9. The third kappa shape index (κ3) is 11.5. The first-order valence-corrected chi connectivity index (χ1v) is 15.5. The molecule has 0 saturated carbocycles. The minimum absolute atomic E-state index is 0.218. The van der Waals surface area contributed by atoms with E-state index in [-0.39, 0.29) is 17.7 Å². The molecule has 2 aromatic rings. The lowest BCUT2D eigenvalue weighted by molar-refractivity contribution is -0.143.